The largest absolute Gasteiger partial charge is 0.366 e. The second-order valence-corrected chi connectivity index (χ2v) is 7.57. The number of nitrogens with one attached hydrogen (secondary N) is 1. The molecule has 0 saturated heterocycles. The molecule has 0 aliphatic rings. The van der Waals surface area contributed by atoms with Crippen molar-refractivity contribution in [3.05, 3.63) is 65.4 Å². The Morgan fingerprint density at radius 1 is 1.27 bits per heavy atom. The summed E-state index contributed by atoms with van der Waals surface area (Å²) in [4.78, 5) is 22.1. The number of nitrogens with zero attached hydrogens (tertiary/aromatic N) is 2. The first-order chi connectivity index (χ1) is 14.2. The molecule has 3 aromatic rings. The minimum atomic E-state index is -1.20. The van der Waals surface area contributed by atoms with E-state index in [0.717, 1.165) is 16.5 Å². The first-order valence-corrected chi connectivity index (χ1v) is 9.71. The Labute approximate surface area is 174 Å². The third-order valence-electron chi connectivity index (χ3n) is 4.49. The third-order valence-corrected chi connectivity index (χ3v) is 4.49. The number of fused-ring (bicyclic) bond motifs is 1. The van der Waals surface area contributed by atoms with Crippen molar-refractivity contribution in [2.75, 3.05) is 13.2 Å². The lowest BCUT2D eigenvalue weighted by molar-refractivity contribution is -0.178. The minimum Gasteiger partial charge on any atom is -0.366 e. The molecule has 2 aromatic heterocycles. The molecule has 8 heteroatoms. The van der Waals surface area contributed by atoms with Gasteiger partial charge in [0.25, 0.3) is 5.91 Å². The van der Waals surface area contributed by atoms with Crippen LogP contribution in [0.2, 0.25) is 0 Å². The van der Waals surface area contributed by atoms with Crippen molar-refractivity contribution >= 4 is 16.8 Å². The number of pyridine rings is 1. The molecule has 0 radical (unpaired) electrons. The van der Waals surface area contributed by atoms with E-state index in [1.54, 1.807) is 49.0 Å². The molecule has 160 valence electrons. The number of aromatic nitrogens is 2. The number of ether oxygens (including phenoxy) is 1. The number of carbonyl (C=O) groups is 1. The molecule has 0 saturated carbocycles. The molecule has 30 heavy (non-hydrogen) atoms. The molecular formula is C22H26FN3O4. The highest BCUT2D eigenvalue weighted by molar-refractivity contribution is 5.98. The lowest BCUT2D eigenvalue weighted by Gasteiger charge is -2.17. The third kappa shape index (κ3) is 5.63. The maximum atomic E-state index is 14.4. The van der Waals surface area contributed by atoms with Crippen molar-refractivity contribution < 1.29 is 23.9 Å². The smallest absolute Gasteiger partial charge is 0.291 e. The molecule has 0 bridgehead atoms. The summed E-state index contributed by atoms with van der Waals surface area (Å²) in [5.74, 6) is -1.97. The predicted molar refractivity (Wildman–Crippen MR) is 110 cm³/mol. The van der Waals surface area contributed by atoms with Gasteiger partial charge in [0.15, 0.2) is 5.79 Å². The molecule has 3 rings (SSSR count). The number of hydrogen-bond donors (Lipinski definition) is 2. The zero-order valence-electron chi connectivity index (χ0n) is 17.3. The van der Waals surface area contributed by atoms with E-state index in [4.69, 9.17) is 9.57 Å². The number of hydrogen-bond acceptors (Lipinski definition) is 5. The minimum absolute atomic E-state index is 0.184. The average Bonchev–Trinajstić information content (AvgIpc) is 3.04. The Morgan fingerprint density at radius 2 is 2.07 bits per heavy atom. The summed E-state index contributed by atoms with van der Waals surface area (Å²) in [6.07, 6.45) is 3.78. The van der Waals surface area contributed by atoms with E-state index in [1.165, 1.54) is 6.07 Å². The van der Waals surface area contributed by atoms with Crippen LogP contribution in [0.4, 0.5) is 4.39 Å². The van der Waals surface area contributed by atoms with Crippen LogP contribution >= 0.6 is 0 Å². The molecule has 1 amide bonds. The normalized spacial score (nSPS) is 11.8. The molecule has 0 unspecified atom stereocenters. The van der Waals surface area contributed by atoms with Gasteiger partial charge in [-0.15, -0.1) is 0 Å². The molecule has 0 atom stereocenters. The van der Waals surface area contributed by atoms with Crippen LogP contribution in [0.15, 0.2) is 42.7 Å². The lowest BCUT2D eigenvalue weighted by Crippen LogP contribution is -2.28. The van der Waals surface area contributed by atoms with E-state index in [9.17, 15) is 14.3 Å². The van der Waals surface area contributed by atoms with Gasteiger partial charge in [-0.25, -0.2) is 9.87 Å². The van der Waals surface area contributed by atoms with Gasteiger partial charge in [-0.2, -0.15) is 0 Å². The SMILES string of the molecule is Cc1ccc(Cn2c(C(=O)NOCCCOC(C)(C)O)cc3ccncc32)c(F)c1. The Balaban J connectivity index is 1.72. The van der Waals surface area contributed by atoms with Crippen LogP contribution in [0.1, 0.15) is 41.9 Å². The lowest BCUT2D eigenvalue weighted by atomic mass is 10.1. The summed E-state index contributed by atoms with van der Waals surface area (Å²) in [6, 6.07) is 8.54. The van der Waals surface area contributed by atoms with Crippen molar-refractivity contribution in [3.63, 3.8) is 0 Å². The van der Waals surface area contributed by atoms with E-state index in [1.807, 2.05) is 13.0 Å². The van der Waals surface area contributed by atoms with Gasteiger partial charge in [-0.3, -0.25) is 14.6 Å². The van der Waals surface area contributed by atoms with E-state index in [0.29, 0.717) is 17.7 Å². The summed E-state index contributed by atoms with van der Waals surface area (Å²) in [7, 11) is 0. The van der Waals surface area contributed by atoms with Crippen LogP contribution in [0.3, 0.4) is 0 Å². The van der Waals surface area contributed by atoms with Crippen molar-refractivity contribution in [2.24, 2.45) is 0 Å². The fraction of sp³-hybridized carbons (Fsp3) is 0.364. The fourth-order valence-corrected chi connectivity index (χ4v) is 3.03. The average molecular weight is 415 g/mol. The quantitative estimate of drug-likeness (QED) is 0.318. The Morgan fingerprint density at radius 3 is 2.80 bits per heavy atom. The number of halogens is 1. The number of hydroxylamine groups is 1. The van der Waals surface area contributed by atoms with E-state index in [2.05, 4.69) is 10.5 Å². The van der Waals surface area contributed by atoms with E-state index in [-0.39, 0.29) is 25.6 Å². The predicted octanol–water partition coefficient (Wildman–Crippen LogP) is 3.33. The highest BCUT2D eigenvalue weighted by Crippen LogP contribution is 2.22. The van der Waals surface area contributed by atoms with Crippen molar-refractivity contribution in [1.29, 1.82) is 0 Å². The van der Waals surface area contributed by atoms with E-state index >= 15 is 0 Å². The highest BCUT2D eigenvalue weighted by Gasteiger charge is 2.18. The number of amides is 1. The van der Waals surface area contributed by atoms with Crippen molar-refractivity contribution in [2.45, 2.75) is 39.5 Å². The Kier molecular flexibility index (Phi) is 6.81. The van der Waals surface area contributed by atoms with Gasteiger partial charge in [0, 0.05) is 17.1 Å². The Bertz CT molecular complexity index is 1030. The maximum Gasteiger partial charge on any atom is 0.291 e. The maximum absolute atomic E-state index is 14.4. The second kappa shape index (κ2) is 9.34. The van der Waals surface area contributed by atoms with Gasteiger partial charge >= 0.3 is 0 Å². The topological polar surface area (TPSA) is 85.6 Å². The molecule has 2 heterocycles. The van der Waals surface area contributed by atoms with Gasteiger partial charge in [0.2, 0.25) is 0 Å². The summed E-state index contributed by atoms with van der Waals surface area (Å²) in [5, 5.41) is 10.3. The number of aliphatic hydroxyl groups is 1. The zero-order valence-corrected chi connectivity index (χ0v) is 17.3. The molecule has 0 fully saturated rings. The summed E-state index contributed by atoms with van der Waals surface area (Å²) in [5.41, 5.74) is 4.78. The molecule has 0 spiro atoms. The number of benzene rings is 1. The van der Waals surface area contributed by atoms with Crippen molar-refractivity contribution in [3.8, 4) is 0 Å². The summed E-state index contributed by atoms with van der Waals surface area (Å²) < 4.78 is 21.3. The van der Waals surface area contributed by atoms with Crippen LogP contribution in [0.5, 0.6) is 0 Å². The monoisotopic (exact) mass is 415 g/mol. The van der Waals surface area contributed by atoms with E-state index < -0.39 is 11.7 Å². The number of rotatable bonds is 9. The molecule has 0 aliphatic heterocycles. The molecule has 7 nitrogen and oxygen atoms in total. The van der Waals surface area contributed by atoms with Gasteiger partial charge in [-0.05, 0) is 51.0 Å². The number of carbonyl (C=O) groups excluding carboxylic acids is 1. The first kappa shape index (κ1) is 21.9. The molecule has 2 N–H and O–H groups in total. The van der Waals surface area contributed by atoms with Crippen LogP contribution in [-0.4, -0.2) is 39.6 Å². The van der Waals surface area contributed by atoms with Crippen LogP contribution in [0.25, 0.3) is 10.9 Å². The number of aryl methyl sites for hydroxylation is 1. The van der Waals surface area contributed by atoms with Crippen LogP contribution in [0, 0.1) is 12.7 Å². The highest BCUT2D eigenvalue weighted by atomic mass is 19.1. The van der Waals surface area contributed by atoms with Gasteiger partial charge in [-0.1, -0.05) is 12.1 Å². The molecule has 0 aliphatic carbocycles. The fourth-order valence-electron chi connectivity index (χ4n) is 3.03. The zero-order chi connectivity index (χ0) is 21.7. The van der Waals surface area contributed by atoms with Crippen LogP contribution in [-0.2, 0) is 16.1 Å². The molecular weight excluding hydrogens is 389 g/mol. The standard InChI is InChI=1S/C22H26FN3O4/c1-15-5-6-17(18(23)11-15)14-26-19(12-16-7-8-24-13-20(16)26)21(27)25-30-10-4-9-29-22(2,3)28/h5-8,11-13,28H,4,9-10,14H2,1-3H3,(H,25,27). The van der Waals surface area contributed by atoms with Crippen molar-refractivity contribution in [1.82, 2.24) is 15.0 Å². The van der Waals surface area contributed by atoms with Gasteiger partial charge in [0.05, 0.1) is 31.5 Å². The summed E-state index contributed by atoms with van der Waals surface area (Å²) in [6.45, 7) is 5.60. The second-order valence-electron chi connectivity index (χ2n) is 7.57. The molecule has 1 aromatic carbocycles. The Hall–Kier alpha value is -2.81. The summed E-state index contributed by atoms with van der Waals surface area (Å²) >= 11 is 0. The van der Waals surface area contributed by atoms with Crippen LogP contribution < -0.4 is 5.48 Å². The first-order valence-electron chi connectivity index (χ1n) is 9.71. The van der Waals surface area contributed by atoms with Gasteiger partial charge in [0.1, 0.15) is 11.5 Å². The van der Waals surface area contributed by atoms with Gasteiger partial charge < -0.3 is 14.4 Å².